The topological polar surface area (TPSA) is 118 Å². The fraction of sp³-hybridized carbons (Fsp3) is 0.750. The summed E-state index contributed by atoms with van der Waals surface area (Å²) in [6, 6.07) is 3.01. The summed E-state index contributed by atoms with van der Waals surface area (Å²) in [6.45, 7) is 10.4. The molecular formula is C24H37N7O3. The van der Waals surface area contributed by atoms with Gasteiger partial charge in [-0.25, -0.2) is 4.79 Å². The van der Waals surface area contributed by atoms with Gasteiger partial charge in [0.05, 0.1) is 23.7 Å². The molecule has 186 valence electrons. The number of nitrogens with one attached hydrogen (secondary N) is 1. The molecule has 0 unspecified atom stereocenters. The first-order valence-corrected chi connectivity index (χ1v) is 12.2. The number of amides is 1. The standard InChI is InChI=1S/C24H37N7O3/c1-23(2,3)24(8-9-25)16-30(12-13-31(24)22(32)33)20-18-7-10-26-14-19(18)27-21(28-20)34-15-17-6-5-11-29(17)4/h17,26H,5-8,10-16H2,1-4H3,(H,32,33)/t17-,24-/m1/s1. The normalized spacial score (nSPS) is 25.7. The predicted molar refractivity (Wildman–Crippen MR) is 128 cm³/mol. The first kappa shape index (κ1) is 24.5. The molecule has 1 aromatic heterocycles. The molecule has 1 aromatic rings. The highest BCUT2D eigenvalue weighted by Gasteiger charge is 2.52. The van der Waals surface area contributed by atoms with E-state index in [1.54, 1.807) is 0 Å². The molecule has 0 aromatic carbocycles. The summed E-state index contributed by atoms with van der Waals surface area (Å²) in [5.74, 6) is 0.817. The van der Waals surface area contributed by atoms with Crippen LogP contribution in [0, 0.1) is 16.7 Å². The van der Waals surface area contributed by atoms with Gasteiger partial charge in [0.25, 0.3) is 0 Å². The highest BCUT2D eigenvalue weighted by molar-refractivity contribution is 5.68. The van der Waals surface area contributed by atoms with Gasteiger partial charge in [0.2, 0.25) is 0 Å². The molecule has 34 heavy (non-hydrogen) atoms. The molecule has 2 N–H and O–H groups in total. The van der Waals surface area contributed by atoms with Crippen molar-refractivity contribution >= 4 is 11.9 Å². The molecule has 2 fully saturated rings. The summed E-state index contributed by atoms with van der Waals surface area (Å²) in [5, 5.41) is 23.1. The Balaban J connectivity index is 1.68. The highest BCUT2D eigenvalue weighted by Crippen LogP contribution is 2.43. The van der Waals surface area contributed by atoms with Crippen LogP contribution in [0.15, 0.2) is 0 Å². The van der Waals surface area contributed by atoms with E-state index in [4.69, 9.17) is 14.7 Å². The zero-order valence-electron chi connectivity index (χ0n) is 20.8. The van der Waals surface area contributed by atoms with Crippen molar-refractivity contribution in [2.24, 2.45) is 5.41 Å². The lowest BCUT2D eigenvalue weighted by atomic mass is 9.69. The van der Waals surface area contributed by atoms with E-state index in [0.717, 1.165) is 43.0 Å². The minimum absolute atomic E-state index is 0.117. The molecule has 10 nitrogen and oxygen atoms in total. The molecule has 0 spiro atoms. The summed E-state index contributed by atoms with van der Waals surface area (Å²) in [6.07, 6.45) is 2.21. The second kappa shape index (κ2) is 9.55. The number of anilines is 1. The third-order valence-electron chi connectivity index (χ3n) is 7.83. The first-order chi connectivity index (χ1) is 16.2. The van der Waals surface area contributed by atoms with E-state index < -0.39 is 17.0 Å². The maximum absolute atomic E-state index is 12.2. The number of fused-ring (bicyclic) bond motifs is 1. The van der Waals surface area contributed by atoms with Crippen molar-refractivity contribution in [3.63, 3.8) is 0 Å². The smallest absolute Gasteiger partial charge is 0.407 e. The van der Waals surface area contributed by atoms with Crippen molar-refractivity contribution in [2.45, 2.75) is 64.6 Å². The van der Waals surface area contributed by atoms with Crippen LogP contribution in [0.25, 0.3) is 0 Å². The number of ether oxygens (including phenoxy) is 1. The number of aromatic nitrogens is 2. The molecule has 4 rings (SSSR count). The maximum atomic E-state index is 12.2. The van der Waals surface area contributed by atoms with Gasteiger partial charge >= 0.3 is 12.1 Å². The largest absolute Gasteiger partial charge is 0.465 e. The van der Waals surface area contributed by atoms with Crippen LogP contribution in [-0.2, 0) is 13.0 Å². The number of carboxylic acid groups (broad SMARTS) is 1. The summed E-state index contributed by atoms with van der Waals surface area (Å²) in [7, 11) is 2.12. The van der Waals surface area contributed by atoms with E-state index in [1.807, 2.05) is 20.8 Å². The van der Waals surface area contributed by atoms with Crippen molar-refractivity contribution in [1.82, 2.24) is 25.1 Å². The van der Waals surface area contributed by atoms with Crippen LogP contribution in [0.3, 0.4) is 0 Å². The van der Waals surface area contributed by atoms with E-state index in [9.17, 15) is 15.2 Å². The minimum atomic E-state index is -0.983. The Bertz CT molecular complexity index is 957. The molecule has 3 aliphatic heterocycles. The number of rotatable bonds is 5. The van der Waals surface area contributed by atoms with Crippen molar-refractivity contribution < 1.29 is 14.6 Å². The van der Waals surface area contributed by atoms with Crippen LogP contribution in [0.5, 0.6) is 6.01 Å². The van der Waals surface area contributed by atoms with E-state index in [2.05, 4.69) is 28.2 Å². The lowest BCUT2D eigenvalue weighted by Crippen LogP contribution is -2.69. The molecular weight excluding hydrogens is 434 g/mol. The van der Waals surface area contributed by atoms with E-state index in [-0.39, 0.29) is 6.42 Å². The number of likely N-dealkylation sites (N-methyl/N-ethyl adjacent to an activating group) is 1. The molecule has 0 radical (unpaired) electrons. The Morgan fingerprint density at radius 1 is 1.32 bits per heavy atom. The van der Waals surface area contributed by atoms with Crippen LogP contribution in [-0.4, -0.2) is 88.9 Å². The lowest BCUT2D eigenvalue weighted by molar-refractivity contribution is -0.00290. The van der Waals surface area contributed by atoms with Gasteiger partial charge < -0.3 is 25.0 Å². The van der Waals surface area contributed by atoms with Gasteiger partial charge in [-0.15, -0.1) is 0 Å². The van der Waals surface area contributed by atoms with Gasteiger partial charge in [-0.2, -0.15) is 15.2 Å². The SMILES string of the molecule is CN1CCC[C@@H]1COc1nc2c(c(N3CCN(C(=O)O)[C@@](CC#N)(C(C)(C)C)C3)n1)CCNC2. The molecule has 0 aliphatic carbocycles. The fourth-order valence-electron chi connectivity index (χ4n) is 5.57. The Morgan fingerprint density at radius 3 is 2.76 bits per heavy atom. The average Bonchev–Trinajstić information content (AvgIpc) is 3.21. The van der Waals surface area contributed by atoms with Crippen molar-refractivity contribution in [1.29, 1.82) is 5.26 Å². The van der Waals surface area contributed by atoms with Gasteiger partial charge in [-0.05, 0) is 44.8 Å². The fourth-order valence-corrected chi connectivity index (χ4v) is 5.57. The van der Waals surface area contributed by atoms with Crippen LogP contribution in [0.4, 0.5) is 10.6 Å². The third kappa shape index (κ3) is 4.51. The quantitative estimate of drug-likeness (QED) is 0.665. The zero-order valence-corrected chi connectivity index (χ0v) is 20.8. The summed E-state index contributed by atoms with van der Waals surface area (Å²) >= 11 is 0. The summed E-state index contributed by atoms with van der Waals surface area (Å²) in [4.78, 5) is 27.7. The van der Waals surface area contributed by atoms with Crippen LogP contribution >= 0.6 is 0 Å². The number of piperazine rings is 1. The zero-order chi connectivity index (χ0) is 24.5. The molecule has 0 saturated carbocycles. The van der Waals surface area contributed by atoms with Crippen LogP contribution in [0.2, 0.25) is 0 Å². The molecule has 3 aliphatic rings. The molecule has 2 saturated heterocycles. The van der Waals surface area contributed by atoms with Gasteiger partial charge in [0, 0.05) is 37.8 Å². The number of hydrogen-bond acceptors (Lipinski definition) is 8. The average molecular weight is 472 g/mol. The minimum Gasteiger partial charge on any atom is -0.465 e. The Labute approximate surface area is 201 Å². The number of hydrogen-bond donors (Lipinski definition) is 2. The van der Waals surface area contributed by atoms with E-state index >= 15 is 0 Å². The van der Waals surface area contributed by atoms with Crippen LogP contribution in [0.1, 0.15) is 51.3 Å². The van der Waals surface area contributed by atoms with Crippen molar-refractivity contribution in [3.8, 4) is 12.1 Å². The first-order valence-electron chi connectivity index (χ1n) is 12.2. The summed E-state index contributed by atoms with van der Waals surface area (Å²) in [5.41, 5.74) is 0.728. The molecule has 10 heteroatoms. The lowest BCUT2D eigenvalue weighted by Gasteiger charge is -2.55. The third-order valence-corrected chi connectivity index (χ3v) is 7.83. The highest BCUT2D eigenvalue weighted by atomic mass is 16.5. The molecule has 1 amide bonds. The predicted octanol–water partition coefficient (Wildman–Crippen LogP) is 2.09. The van der Waals surface area contributed by atoms with Gasteiger partial charge in [0.15, 0.2) is 0 Å². The molecule has 4 heterocycles. The maximum Gasteiger partial charge on any atom is 0.407 e. The van der Waals surface area contributed by atoms with Gasteiger partial charge in [-0.3, -0.25) is 4.90 Å². The van der Waals surface area contributed by atoms with Gasteiger partial charge in [-0.1, -0.05) is 20.8 Å². The van der Waals surface area contributed by atoms with Crippen LogP contribution < -0.4 is 15.0 Å². The second-order valence-electron chi connectivity index (χ2n) is 10.7. The number of likely N-dealkylation sites (tertiary alicyclic amines) is 1. The second-order valence-corrected chi connectivity index (χ2v) is 10.7. The monoisotopic (exact) mass is 471 g/mol. The van der Waals surface area contributed by atoms with Crippen molar-refractivity contribution in [2.75, 3.05) is 51.3 Å². The van der Waals surface area contributed by atoms with Crippen molar-refractivity contribution in [3.05, 3.63) is 11.3 Å². The Kier molecular flexibility index (Phi) is 6.87. The number of nitriles is 1. The molecule has 2 atom stereocenters. The number of nitrogens with zero attached hydrogens (tertiary/aromatic N) is 6. The molecule has 0 bridgehead atoms. The van der Waals surface area contributed by atoms with E-state index in [0.29, 0.717) is 44.8 Å². The van der Waals surface area contributed by atoms with Gasteiger partial charge in [0.1, 0.15) is 12.4 Å². The Hall–Kier alpha value is -2.64. The van der Waals surface area contributed by atoms with E-state index in [1.165, 1.54) is 11.3 Å². The number of carbonyl (C=O) groups is 1. The summed E-state index contributed by atoms with van der Waals surface area (Å²) < 4.78 is 6.11. The Morgan fingerprint density at radius 2 is 2.12 bits per heavy atom.